The number of nitrogens with zero attached hydrogens (tertiary/aromatic N) is 2. The molecule has 0 aromatic heterocycles. The molecule has 23 heavy (non-hydrogen) atoms. The normalized spacial score (nSPS) is 19.2. The average Bonchev–Trinajstić information content (AvgIpc) is 2.44. The third-order valence-electron chi connectivity index (χ3n) is 3.68. The summed E-state index contributed by atoms with van der Waals surface area (Å²) in [5, 5.41) is 4.99. The average molecular weight is 348 g/mol. The van der Waals surface area contributed by atoms with Gasteiger partial charge in [0.15, 0.2) is 0 Å². The predicted octanol–water partition coefficient (Wildman–Crippen LogP) is -0.0335. The largest absolute Gasteiger partial charge is 0.333 e. The summed E-state index contributed by atoms with van der Waals surface area (Å²) in [6, 6.07) is -1.02. The lowest BCUT2D eigenvalue weighted by Crippen LogP contribution is -2.57. The van der Waals surface area contributed by atoms with Crippen LogP contribution in [0.1, 0.15) is 34.6 Å². The zero-order chi connectivity index (χ0) is 17.8. The fourth-order valence-electron chi connectivity index (χ4n) is 2.31. The summed E-state index contributed by atoms with van der Waals surface area (Å²) in [7, 11) is -3.19. The molecule has 0 aromatic rings. The Morgan fingerprint density at radius 2 is 1.65 bits per heavy atom. The van der Waals surface area contributed by atoms with E-state index in [1.807, 2.05) is 25.7 Å². The van der Waals surface area contributed by atoms with Crippen molar-refractivity contribution in [3.63, 3.8) is 0 Å². The lowest BCUT2D eigenvalue weighted by Gasteiger charge is -2.36. The van der Waals surface area contributed by atoms with Crippen LogP contribution in [0.25, 0.3) is 0 Å². The number of hydrogen-bond acceptors (Lipinski definition) is 5. The quantitative estimate of drug-likeness (QED) is 0.743. The second-order valence-corrected chi connectivity index (χ2v) is 8.96. The van der Waals surface area contributed by atoms with E-state index in [4.69, 9.17) is 0 Å². The van der Waals surface area contributed by atoms with Gasteiger partial charge in [0.05, 0.1) is 11.8 Å². The summed E-state index contributed by atoms with van der Waals surface area (Å²) in [6.07, 6.45) is 0. The first-order chi connectivity index (χ1) is 10.5. The van der Waals surface area contributed by atoms with E-state index in [-0.39, 0.29) is 5.75 Å². The molecular weight excluding hydrogens is 320 g/mol. The highest BCUT2D eigenvalue weighted by Gasteiger charge is 2.30. The number of sulfonamides is 1. The highest BCUT2D eigenvalue weighted by molar-refractivity contribution is 7.89. The van der Waals surface area contributed by atoms with Crippen molar-refractivity contribution in [1.29, 1.82) is 0 Å². The maximum atomic E-state index is 12.1. The molecule has 134 valence electrons. The van der Waals surface area contributed by atoms with E-state index in [2.05, 4.69) is 10.6 Å². The van der Waals surface area contributed by atoms with Crippen LogP contribution < -0.4 is 10.6 Å². The van der Waals surface area contributed by atoms with Crippen LogP contribution in [-0.2, 0) is 14.8 Å². The third kappa shape index (κ3) is 6.08. The smallest absolute Gasteiger partial charge is 0.321 e. The van der Waals surface area contributed by atoms with Crippen molar-refractivity contribution in [2.75, 3.05) is 31.9 Å². The van der Waals surface area contributed by atoms with E-state index in [0.29, 0.717) is 26.2 Å². The monoisotopic (exact) mass is 348 g/mol. The number of hydrogen-bond donors (Lipinski definition) is 2. The Morgan fingerprint density at radius 1 is 1.13 bits per heavy atom. The van der Waals surface area contributed by atoms with Gasteiger partial charge in [-0.1, -0.05) is 0 Å². The van der Waals surface area contributed by atoms with Crippen LogP contribution in [0.3, 0.4) is 0 Å². The van der Waals surface area contributed by atoms with Crippen molar-refractivity contribution >= 4 is 22.0 Å². The van der Waals surface area contributed by atoms with Crippen LogP contribution in [0.5, 0.6) is 0 Å². The molecule has 1 saturated heterocycles. The second-order valence-electron chi connectivity index (χ2n) is 6.70. The Bertz CT molecular complexity index is 533. The van der Waals surface area contributed by atoms with Gasteiger partial charge in [-0.15, -0.1) is 0 Å². The van der Waals surface area contributed by atoms with E-state index in [9.17, 15) is 18.0 Å². The van der Waals surface area contributed by atoms with Gasteiger partial charge < -0.3 is 5.32 Å². The van der Waals surface area contributed by atoms with Crippen molar-refractivity contribution in [3.8, 4) is 0 Å². The van der Waals surface area contributed by atoms with Crippen LogP contribution in [0.4, 0.5) is 4.79 Å². The van der Waals surface area contributed by atoms with Crippen LogP contribution in [0.2, 0.25) is 0 Å². The number of carbonyl (C=O) groups is 2. The molecule has 0 spiro atoms. The molecule has 1 aliphatic rings. The zero-order valence-electron chi connectivity index (χ0n) is 14.5. The Labute approximate surface area is 138 Å². The Morgan fingerprint density at radius 3 is 2.09 bits per heavy atom. The van der Waals surface area contributed by atoms with Gasteiger partial charge in [-0.25, -0.2) is 13.2 Å². The summed E-state index contributed by atoms with van der Waals surface area (Å²) in [5.74, 6) is -0.311. The highest BCUT2D eigenvalue weighted by Crippen LogP contribution is 2.10. The van der Waals surface area contributed by atoms with Gasteiger partial charge >= 0.3 is 6.03 Å². The van der Waals surface area contributed by atoms with E-state index in [1.54, 1.807) is 13.8 Å². The molecule has 1 rings (SSSR count). The molecule has 1 atom stereocenters. The van der Waals surface area contributed by atoms with Gasteiger partial charge in [-0.2, -0.15) is 4.31 Å². The summed E-state index contributed by atoms with van der Waals surface area (Å²) < 4.78 is 25.1. The van der Waals surface area contributed by atoms with E-state index >= 15 is 0 Å². The minimum absolute atomic E-state index is 0.0794. The molecule has 0 bridgehead atoms. The first kappa shape index (κ1) is 19.9. The summed E-state index contributed by atoms with van der Waals surface area (Å²) in [6.45, 7) is 10.5. The summed E-state index contributed by atoms with van der Waals surface area (Å²) in [5.41, 5.74) is -0.423. The molecular formula is C14H28N4O4S. The number of imide groups is 1. The third-order valence-corrected chi connectivity index (χ3v) is 5.57. The van der Waals surface area contributed by atoms with Crippen molar-refractivity contribution in [1.82, 2.24) is 19.8 Å². The highest BCUT2D eigenvalue weighted by atomic mass is 32.2. The molecule has 9 heteroatoms. The molecule has 1 unspecified atom stereocenters. The molecule has 0 radical (unpaired) electrons. The minimum atomic E-state index is -3.19. The lowest BCUT2D eigenvalue weighted by atomic mass is 10.1. The molecule has 1 heterocycles. The zero-order valence-corrected chi connectivity index (χ0v) is 15.4. The lowest BCUT2D eigenvalue weighted by molar-refractivity contribution is -0.125. The fourth-order valence-corrected chi connectivity index (χ4v) is 3.39. The first-order valence-electron chi connectivity index (χ1n) is 7.81. The molecule has 8 nitrogen and oxygen atoms in total. The van der Waals surface area contributed by atoms with Gasteiger partial charge in [-0.3, -0.25) is 15.0 Å². The standard InChI is InChI=1S/C14H28N4O4S/c1-6-23(21,22)18-9-7-17(8-10-18)11(2)12(19)15-13(20)16-14(3,4)5/h11H,6-10H2,1-5H3,(H2,15,16,19,20). The van der Waals surface area contributed by atoms with Crippen LogP contribution >= 0.6 is 0 Å². The van der Waals surface area contributed by atoms with Crippen molar-refractivity contribution in [3.05, 3.63) is 0 Å². The van der Waals surface area contributed by atoms with Crippen LogP contribution in [0.15, 0.2) is 0 Å². The molecule has 0 saturated carbocycles. The van der Waals surface area contributed by atoms with Crippen molar-refractivity contribution < 1.29 is 18.0 Å². The maximum absolute atomic E-state index is 12.1. The number of nitrogens with one attached hydrogen (secondary N) is 2. The molecule has 0 aliphatic carbocycles. The van der Waals surface area contributed by atoms with Gasteiger partial charge in [0, 0.05) is 31.7 Å². The molecule has 2 N–H and O–H groups in total. The SMILES string of the molecule is CCS(=O)(=O)N1CCN(C(C)C(=O)NC(=O)NC(C)(C)C)CC1. The van der Waals surface area contributed by atoms with Gasteiger partial charge in [0.25, 0.3) is 0 Å². The Kier molecular flexibility index (Phi) is 6.55. The van der Waals surface area contributed by atoms with E-state index in [1.165, 1.54) is 4.31 Å². The van der Waals surface area contributed by atoms with Crippen molar-refractivity contribution in [2.45, 2.75) is 46.2 Å². The fraction of sp³-hybridized carbons (Fsp3) is 0.857. The van der Waals surface area contributed by atoms with Gasteiger partial charge in [0.1, 0.15) is 0 Å². The van der Waals surface area contributed by atoms with Crippen LogP contribution in [0, 0.1) is 0 Å². The summed E-state index contributed by atoms with van der Waals surface area (Å²) >= 11 is 0. The van der Waals surface area contributed by atoms with Gasteiger partial charge in [-0.05, 0) is 34.6 Å². The number of urea groups is 1. The molecule has 1 fully saturated rings. The second kappa shape index (κ2) is 7.59. The molecule has 3 amide bonds. The van der Waals surface area contributed by atoms with E-state index < -0.39 is 33.5 Å². The Hall–Kier alpha value is -1.19. The predicted molar refractivity (Wildman–Crippen MR) is 88.5 cm³/mol. The molecule has 1 aliphatic heterocycles. The number of carbonyl (C=O) groups excluding carboxylic acids is 2. The maximum Gasteiger partial charge on any atom is 0.321 e. The molecule has 0 aromatic carbocycles. The van der Waals surface area contributed by atoms with Crippen LogP contribution in [-0.4, -0.2) is 73.1 Å². The van der Waals surface area contributed by atoms with Gasteiger partial charge in [0.2, 0.25) is 15.9 Å². The van der Waals surface area contributed by atoms with Crippen molar-refractivity contribution in [2.24, 2.45) is 0 Å². The number of amides is 3. The number of rotatable bonds is 4. The Balaban J connectivity index is 2.52. The summed E-state index contributed by atoms with van der Waals surface area (Å²) in [4.78, 5) is 25.7. The minimum Gasteiger partial charge on any atom is -0.333 e. The number of piperazine rings is 1. The topological polar surface area (TPSA) is 98.8 Å². The van der Waals surface area contributed by atoms with E-state index in [0.717, 1.165) is 0 Å². The first-order valence-corrected chi connectivity index (χ1v) is 9.42.